The maximum Gasteiger partial charge on any atom is 0.416 e. The van der Waals surface area contributed by atoms with Crippen molar-refractivity contribution in [2.75, 3.05) is 11.9 Å². The molecule has 0 saturated heterocycles. The van der Waals surface area contributed by atoms with Gasteiger partial charge in [0.25, 0.3) is 0 Å². The summed E-state index contributed by atoms with van der Waals surface area (Å²) in [4.78, 5) is 1.18. The molecule has 3 nitrogen and oxygen atoms in total. The highest BCUT2D eigenvalue weighted by atomic mass is 32.1. The molecule has 0 bridgehead atoms. The number of thiophene rings is 1. The second-order valence-corrected chi connectivity index (χ2v) is 8.40. The molecule has 0 radical (unpaired) electrons. The highest BCUT2D eigenvalue weighted by Gasteiger charge is 2.30. The van der Waals surface area contributed by atoms with Crippen LogP contribution < -0.4 is 10.6 Å². The molecule has 7 heteroatoms. The van der Waals surface area contributed by atoms with Crippen molar-refractivity contribution >= 4 is 17.0 Å². The summed E-state index contributed by atoms with van der Waals surface area (Å²) in [5.74, 6) is 0.318. The molecule has 2 aromatic rings. The fraction of sp³-hybridized carbons (Fsp3) is 0.429. The fourth-order valence-corrected chi connectivity index (χ4v) is 4.26. The van der Waals surface area contributed by atoms with Crippen molar-refractivity contribution in [3.8, 4) is 0 Å². The number of aliphatic hydroxyl groups is 1. The Balaban J connectivity index is 1.54. The van der Waals surface area contributed by atoms with Crippen LogP contribution in [0, 0.1) is 5.92 Å². The lowest BCUT2D eigenvalue weighted by Gasteiger charge is -2.25. The highest BCUT2D eigenvalue weighted by Crippen LogP contribution is 2.32. The van der Waals surface area contributed by atoms with E-state index in [0.717, 1.165) is 42.8 Å². The standard InChI is InChI=1S/C21H25F3N2OS/c1-13(2)18(26-15-5-3-14(4-6-15)21(22,23)24)7-9-25-16-11-19(27)17-8-10-28-20(17)12-16/h3-6,8,10-11,13,18-19,25-27H,7,9,12H2,1-2H3/t18-,19-/m0/s1. The molecule has 0 aliphatic heterocycles. The van der Waals surface area contributed by atoms with E-state index in [4.69, 9.17) is 0 Å². The third-order valence-electron chi connectivity index (χ3n) is 4.99. The van der Waals surface area contributed by atoms with Gasteiger partial charge in [-0.1, -0.05) is 13.8 Å². The first-order valence-corrected chi connectivity index (χ1v) is 10.2. The van der Waals surface area contributed by atoms with Crippen LogP contribution in [-0.4, -0.2) is 17.7 Å². The first kappa shape index (κ1) is 20.7. The second-order valence-electron chi connectivity index (χ2n) is 7.40. The van der Waals surface area contributed by atoms with Crippen molar-refractivity contribution in [2.45, 2.75) is 45.0 Å². The van der Waals surface area contributed by atoms with Gasteiger partial charge in [0.2, 0.25) is 0 Å². The zero-order valence-corrected chi connectivity index (χ0v) is 16.7. The summed E-state index contributed by atoms with van der Waals surface area (Å²) in [6, 6.07) is 7.24. The number of nitrogens with one attached hydrogen (secondary N) is 2. The first-order valence-electron chi connectivity index (χ1n) is 9.36. The molecule has 1 aliphatic carbocycles. The third-order valence-corrected chi connectivity index (χ3v) is 5.92. The van der Waals surface area contributed by atoms with E-state index in [1.54, 1.807) is 11.3 Å². The summed E-state index contributed by atoms with van der Waals surface area (Å²) in [6.45, 7) is 4.89. The maximum absolute atomic E-state index is 12.7. The molecule has 28 heavy (non-hydrogen) atoms. The Kier molecular flexibility index (Phi) is 6.35. The predicted octanol–water partition coefficient (Wildman–Crippen LogP) is 5.36. The van der Waals surface area contributed by atoms with Crippen LogP contribution >= 0.6 is 11.3 Å². The topological polar surface area (TPSA) is 44.3 Å². The van der Waals surface area contributed by atoms with Crippen LogP contribution in [0.15, 0.2) is 47.5 Å². The zero-order chi connectivity index (χ0) is 20.3. The molecular weight excluding hydrogens is 385 g/mol. The van der Waals surface area contributed by atoms with E-state index in [1.165, 1.54) is 17.0 Å². The summed E-state index contributed by atoms with van der Waals surface area (Å²) in [5, 5.41) is 18.9. The van der Waals surface area contributed by atoms with E-state index < -0.39 is 17.8 Å². The quantitative estimate of drug-likeness (QED) is 0.576. The van der Waals surface area contributed by atoms with Crippen LogP contribution in [0.4, 0.5) is 18.9 Å². The van der Waals surface area contributed by atoms with Gasteiger partial charge in [-0.25, -0.2) is 0 Å². The molecule has 1 aromatic carbocycles. The Hall–Kier alpha value is -1.99. The average molecular weight is 411 g/mol. The minimum Gasteiger partial charge on any atom is -0.388 e. The molecule has 152 valence electrons. The number of fused-ring (bicyclic) bond motifs is 1. The van der Waals surface area contributed by atoms with Crippen molar-refractivity contribution < 1.29 is 18.3 Å². The van der Waals surface area contributed by atoms with E-state index in [-0.39, 0.29) is 6.04 Å². The fourth-order valence-electron chi connectivity index (χ4n) is 3.32. The summed E-state index contributed by atoms with van der Waals surface area (Å²) >= 11 is 1.65. The monoisotopic (exact) mass is 410 g/mol. The molecule has 0 amide bonds. The minimum atomic E-state index is -4.32. The van der Waals surface area contributed by atoms with Crippen LogP contribution in [0.25, 0.3) is 0 Å². The summed E-state index contributed by atoms with van der Waals surface area (Å²) < 4.78 is 38.1. The van der Waals surface area contributed by atoms with E-state index in [0.29, 0.717) is 11.6 Å². The van der Waals surface area contributed by atoms with Gasteiger partial charge in [0.05, 0.1) is 5.56 Å². The smallest absolute Gasteiger partial charge is 0.388 e. The number of aliphatic hydroxyl groups excluding tert-OH is 1. The number of rotatable bonds is 7. The average Bonchev–Trinajstić information content (AvgIpc) is 3.09. The zero-order valence-electron chi connectivity index (χ0n) is 15.9. The van der Waals surface area contributed by atoms with Gasteiger partial charge in [0, 0.05) is 35.3 Å². The predicted molar refractivity (Wildman–Crippen MR) is 107 cm³/mol. The van der Waals surface area contributed by atoms with Gasteiger partial charge < -0.3 is 15.7 Å². The molecule has 3 rings (SSSR count). The van der Waals surface area contributed by atoms with Crippen molar-refractivity contribution in [1.82, 2.24) is 5.32 Å². The van der Waals surface area contributed by atoms with Crippen molar-refractivity contribution in [3.63, 3.8) is 0 Å². The molecule has 2 atom stereocenters. The van der Waals surface area contributed by atoms with Gasteiger partial charge in [-0.2, -0.15) is 13.2 Å². The van der Waals surface area contributed by atoms with Crippen LogP contribution in [0.5, 0.6) is 0 Å². The molecule has 3 N–H and O–H groups in total. The molecule has 0 unspecified atom stereocenters. The van der Waals surface area contributed by atoms with E-state index in [1.807, 2.05) is 17.5 Å². The maximum atomic E-state index is 12.7. The lowest BCUT2D eigenvalue weighted by atomic mass is 9.99. The Bertz CT molecular complexity index is 812. The minimum absolute atomic E-state index is 0.121. The molecule has 0 saturated carbocycles. The molecule has 0 fully saturated rings. The van der Waals surface area contributed by atoms with Crippen LogP contribution in [0.1, 0.15) is 42.4 Å². The lowest BCUT2D eigenvalue weighted by molar-refractivity contribution is -0.137. The van der Waals surface area contributed by atoms with E-state index in [2.05, 4.69) is 24.5 Å². The SMILES string of the molecule is CC(C)[C@H](CCNC1=C[C@H](O)c2ccsc2C1)Nc1ccc(C(F)(F)F)cc1. The van der Waals surface area contributed by atoms with Gasteiger partial charge in [-0.3, -0.25) is 0 Å². The Morgan fingerprint density at radius 3 is 2.54 bits per heavy atom. The Morgan fingerprint density at radius 1 is 1.18 bits per heavy atom. The van der Waals surface area contributed by atoms with E-state index >= 15 is 0 Å². The normalized spacial score (nSPS) is 17.8. The highest BCUT2D eigenvalue weighted by molar-refractivity contribution is 7.10. The van der Waals surface area contributed by atoms with Gasteiger partial charge >= 0.3 is 6.18 Å². The van der Waals surface area contributed by atoms with Crippen LogP contribution in [-0.2, 0) is 12.6 Å². The van der Waals surface area contributed by atoms with Crippen LogP contribution in [0.2, 0.25) is 0 Å². The van der Waals surface area contributed by atoms with Crippen molar-refractivity contribution in [3.05, 3.63) is 63.5 Å². The molecule has 1 aliphatic rings. The van der Waals surface area contributed by atoms with Crippen molar-refractivity contribution in [2.24, 2.45) is 5.92 Å². The largest absolute Gasteiger partial charge is 0.416 e. The van der Waals surface area contributed by atoms with Crippen LogP contribution in [0.3, 0.4) is 0 Å². The first-order chi connectivity index (χ1) is 13.2. The third kappa shape index (κ3) is 5.08. The number of hydrogen-bond donors (Lipinski definition) is 3. The summed E-state index contributed by atoms with van der Waals surface area (Å²) in [6.07, 6.45) is -1.43. The molecule has 1 aromatic heterocycles. The lowest BCUT2D eigenvalue weighted by Crippen LogP contribution is -2.31. The Morgan fingerprint density at radius 2 is 1.89 bits per heavy atom. The summed E-state index contributed by atoms with van der Waals surface area (Å²) in [5.41, 5.74) is 2.04. The van der Waals surface area contributed by atoms with Gasteiger partial charge in [0.1, 0.15) is 6.10 Å². The van der Waals surface area contributed by atoms with Crippen molar-refractivity contribution in [1.29, 1.82) is 0 Å². The number of alkyl halides is 3. The number of hydrogen-bond acceptors (Lipinski definition) is 4. The number of halogens is 3. The number of benzene rings is 1. The molecule has 1 heterocycles. The number of anilines is 1. The Labute approximate surface area is 167 Å². The molecule has 0 spiro atoms. The number of allylic oxidation sites excluding steroid dienone is 1. The van der Waals surface area contributed by atoms with E-state index in [9.17, 15) is 18.3 Å². The summed E-state index contributed by atoms with van der Waals surface area (Å²) in [7, 11) is 0. The second kappa shape index (κ2) is 8.57. The van der Waals surface area contributed by atoms with Gasteiger partial charge in [-0.15, -0.1) is 11.3 Å². The van der Waals surface area contributed by atoms with Gasteiger partial charge in [0.15, 0.2) is 0 Å². The van der Waals surface area contributed by atoms with Gasteiger partial charge in [-0.05, 0) is 59.7 Å². The molecular formula is C21H25F3N2OS.